The van der Waals surface area contributed by atoms with Crippen LogP contribution in [-0.4, -0.2) is 27.2 Å². The third-order valence-electron chi connectivity index (χ3n) is 3.31. The molecule has 0 bridgehead atoms. The molecular formula is C15H19NO4S2. The van der Waals surface area contributed by atoms with Crippen molar-refractivity contribution in [2.45, 2.75) is 24.3 Å². The number of thiophene rings is 1. The maximum absolute atomic E-state index is 12.3. The minimum atomic E-state index is -3.59. The SMILES string of the molecule is COc1ccc(S(=O)(=O)NCC[C@H](O)c2ccsc2)c(C)c1. The summed E-state index contributed by atoms with van der Waals surface area (Å²) in [4.78, 5) is 0.221. The Kier molecular flexibility index (Phi) is 5.57. The molecule has 0 aliphatic heterocycles. The summed E-state index contributed by atoms with van der Waals surface area (Å²) < 4.78 is 32.2. The molecule has 5 nitrogen and oxygen atoms in total. The Morgan fingerprint density at radius 2 is 2.14 bits per heavy atom. The fraction of sp³-hybridized carbons (Fsp3) is 0.333. The fourth-order valence-corrected chi connectivity index (χ4v) is 4.07. The smallest absolute Gasteiger partial charge is 0.240 e. The van der Waals surface area contributed by atoms with Crippen LogP contribution in [0.3, 0.4) is 0 Å². The van der Waals surface area contributed by atoms with Crippen LogP contribution >= 0.6 is 11.3 Å². The number of aliphatic hydroxyl groups is 1. The van der Waals surface area contributed by atoms with E-state index in [2.05, 4.69) is 4.72 Å². The van der Waals surface area contributed by atoms with Crippen LogP contribution in [0, 0.1) is 6.92 Å². The molecule has 22 heavy (non-hydrogen) atoms. The second kappa shape index (κ2) is 7.23. The molecule has 0 saturated carbocycles. The molecule has 0 aliphatic carbocycles. The molecule has 0 saturated heterocycles. The number of sulfonamides is 1. The second-order valence-electron chi connectivity index (χ2n) is 4.89. The number of aryl methyl sites for hydroxylation is 1. The number of nitrogens with one attached hydrogen (secondary N) is 1. The lowest BCUT2D eigenvalue weighted by atomic mass is 10.1. The molecule has 0 spiro atoms. The van der Waals surface area contributed by atoms with E-state index in [0.29, 0.717) is 17.7 Å². The van der Waals surface area contributed by atoms with Crippen molar-refractivity contribution in [2.24, 2.45) is 0 Å². The Labute approximate surface area is 134 Å². The van der Waals surface area contributed by atoms with Gasteiger partial charge in [0.2, 0.25) is 10.0 Å². The van der Waals surface area contributed by atoms with E-state index in [4.69, 9.17) is 4.74 Å². The van der Waals surface area contributed by atoms with Crippen LogP contribution in [0.5, 0.6) is 5.75 Å². The van der Waals surface area contributed by atoms with Crippen LogP contribution in [-0.2, 0) is 10.0 Å². The van der Waals surface area contributed by atoms with Crippen molar-refractivity contribution >= 4 is 21.4 Å². The fourth-order valence-electron chi connectivity index (χ4n) is 2.09. The van der Waals surface area contributed by atoms with Crippen molar-refractivity contribution in [2.75, 3.05) is 13.7 Å². The second-order valence-corrected chi connectivity index (χ2v) is 7.41. The predicted octanol–water partition coefficient (Wildman–Crippen LogP) is 2.47. The number of ether oxygens (including phenoxy) is 1. The molecule has 0 fully saturated rings. The highest BCUT2D eigenvalue weighted by atomic mass is 32.2. The molecule has 2 aromatic rings. The number of aliphatic hydroxyl groups excluding tert-OH is 1. The summed E-state index contributed by atoms with van der Waals surface area (Å²) >= 11 is 1.50. The molecule has 0 amide bonds. The van der Waals surface area contributed by atoms with Gasteiger partial charge in [-0.3, -0.25) is 0 Å². The Morgan fingerprint density at radius 3 is 2.73 bits per heavy atom. The van der Waals surface area contributed by atoms with Crippen molar-refractivity contribution in [3.8, 4) is 5.75 Å². The maximum atomic E-state index is 12.3. The van der Waals surface area contributed by atoms with Gasteiger partial charge in [-0.15, -0.1) is 0 Å². The van der Waals surface area contributed by atoms with E-state index in [-0.39, 0.29) is 11.4 Å². The third-order valence-corrected chi connectivity index (χ3v) is 5.63. The summed E-state index contributed by atoms with van der Waals surface area (Å²) in [7, 11) is -2.06. The first-order valence-corrected chi connectivity index (χ1v) is 9.21. The van der Waals surface area contributed by atoms with E-state index in [1.54, 1.807) is 19.1 Å². The number of hydrogen-bond acceptors (Lipinski definition) is 5. The van der Waals surface area contributed by atoms with E-state index in [9.17, 15) is 13.5 Å². The topological polar surface area (TPSA) is 75.6 Å². The van der Waals surface area contributed by atoms with Crippen molar-refractivity contribution in [1.29, 1.82) is 0 Å². The van der Waals surface area contributed by atoms with Crippen molar-refractivity contribution in [3.05, 3.63) is 46.2 Å². The van der Waals surface area contributed by atoms with Gasteiger partial charge in [-0.2, -0.15) is 11.3 Å². The molecule has 120 valence electrons. The third kappa shape index (κ3) is 4.07. The maximum Gasteiger partial charge on any atom is 0.240 e. The summed E-state index contributed by atoms with van der Waals surface area (Å²) in [5.74, 6) is 0.615. The number of methoxy groups -OCH3 is 1. The van der Waals surface area contributed by atoms with Gasteiger partial charge in [0.1, 0.15) is 5.75 Å². The number of rotatable bonds is 7. The first kappa shape index (κ1) is 17.0. The molecule has 0 unspecified atom stereocenters. The monoisotopic (exact) mass is 341 g/mol. The highest BCUT2D eigenvalue weighted by Gasteiger charge is 2.17. The first-order valence-electron chi connectivity index (χ1n) is 6.78. The molecule has 0 aliphatic rings. The van der Waals surface area contributed by atoms with E-state index < -0.39 is 16.1 Å². The van der Waals surface area contributed by atoms with Gasteiger partial charge >= 0.3 is 0 Å². The molecule has 2 N–H and O–H groups in total. The zero-order valence-electron chi connectivity index (χ0n) is 12.4. The lowest BCUT2D eigenvalue weighted by Gasteiger charge is -2.12. The van der Waals surface area contributed by atoms with Crippen LogP contribution in [0.15, 0.2) is 39.9 Å². The van der Waals surface area contributed by atoms with Crippen molar-refractivity contribution in [1.82, 2.24) is 4.72 Å². The zero-order chi connectivity index (χ0) is 16.2. The quantitative estimate of drug-likeness (QED) is 0.811. The lowest BCUT2D eigenvalue weighted by Crippen LogP contribution is -2.26. The Morgan fingerprint density at radius 1 is 1.36 bits per heavy atom. The largest absolute Gasteiger partial charge is 0.497 e. The highest BCUT2D eigenvalue weighted by molar-refractivity contribution is 7.89. The molecule has 0 radical (unpaired) electrons. The average molecular weight is 341 g/mol. The van der Waals surface area contributed by atoms with Gasteiger partial charge in [0.25, 0.3) is 0 Å². The average Bonchev–Trinajstić information content (AvgIpc) is 3.00. The molecule has 7 heteroatoms. The molecule has 1 atom stereocenters. The predicted molar refractivity (Wildman–Crippen MR) is 86.8 cm³/mol. The highest BCUT2D eigenvalue weighted by Crippen LogP contribution is 2.22. The van der Waals surface area contributed by atoms with Gasteiger partial charge in [-0.1, -0.05) is 0 Å². The van der Waals surface area contributed by atoms with Crippen LogP contribution < -0.4 is 9.46 Å². The first-order chi connectivity index (χ1) is 10.4. The molecule has 1 aromatic carbocycles. The van der Waals surface area contributed by atoms with Gasteiger partial charge < -0.3 is 9.84 Å². The summed E-state index contributed by atoms with van der Waals surface area (Å²) in [6.45, 7) is 1.89. The van der Waals surface area contributed by atoms with Gasteiger partial charge in [0, 0.05) is 6.54 Å². The van der Waals surface area contributed by atoms with Crippen LogP contribution in [0.1, 0.15) is 23.7 Å². The standard InChI is InChI=1S/C15H19NO4S2/c1-11-9-13(20-2)3-4-15(11)22(18,19)16-7-5-14(17)12-6-8-21-10-12/h3-4,6,8-10,14,16-17H,5,7H2,1-2H3/t14-/m0/s1. The molecular weight excluding hydrogens is 322 g/mol. The van der Waals surface area contributed by atoms with E-state index >= 15 is 0 Å². The number of benzene rings is 1. The normalized spacial score (nSPS) is 13.0. The van der Waals surface area contributed by atoms with E-state index in [0.717, 1.165) is 5.56 Å². The van der Waals surface area contributed by atoms with Crippen molar-refractivity contribution < 1.29 is 18.3 Å². The Balaban J connectivity index is 1.99. The molecule has 1 heterocycles. The van der Waals surface area contributed by atoms with Crippen LogP contribution in [0.2, 0.25) is 0 Å². The zero-order valence-corrected chi connectivity index (χ0v) is 14.1. The van der Waals surface area contributed by atoms with Crippen LogP contribution in [0.4, 0.5) is 0 Å². The van der Waals surface area contributed by atoms with Crippen molar-refractivity contribution in [3.63, 3.8) is 0 Å². The Bertz CT molecular complexity index is 711. The summed E-state index contributed by atoms with van der Waals surface area (Å²) in [6.07, 6.45) is -0.337. The van der Waals surface area contributed by atoms with Gasteiger partial charge in [0.05, 0.1) is 18.1 Å². The van der Waals surface area contributed by atoms with Gasteiger partial charge in [-0.25, -0.2) is 13.1 Å². The minimum absolute atomic E-state index is 0.171. The molecule has 2 rings (SSSR count). The van der Waals surface area contributed by atoms with Gasteiger partial charge in [-0.05, 0) is 59.5 Å². The van der Waals surface area contributed by atoms with E-state index in [1.165, 1.54) is 24.5 Å². The molecule has 1 aromatic heterocycles. The van der Waals surface area contributed by atoms with Gasteiger partial charge in [0.15, 0.2) is 0 Å². The minimum Gasteiger partial charge on any atom is -0.497 e. The number of hydrogen-bond donors (Lipinski definition) is 2. The summed E-state index contributed by atoms with van der Waals surface area (Å²) in [5, 5.41) is 13.7. The lowest BCUT2D eigenvalue weighted by molar-refractivity contribution is 0.169. The van der Waals surface area contributed by atoms with Crippen LogP contribution in [0.25, 0.3) is 0 Å². The summed E-state index contributed by atoms with van der Waals surface area (Å²) in [6, 6.07) is 6.64. The van der Waals surface area contributed by atoms with E-state index in [1.807, 2.05) is 16.8 Å². The Hall–Kier alpha value is -1.41. The summed E-state index contributed by atoms with van der Waals surface area (Å²) in [5.41, 5.74) is 1.43.